The summed E-state index contributed by atoms with van der Waals surface area (Å²) < 4.78 is 0. The second kappa shape index (κ2) is 9.36. The fourth-order valence-electron chi connectivity index (χ4n) is 4.31. The van der Waals surface area contributed by atoms with E-state index in [9.17, 15) is 14.7 Å². The molecular weight excluding hydrogens is 414 g/mol. The van der Waals surface area contributed by atoms with Crippen LogP contribution in [0.1, 0.15) is 37.4 Å². The van der Waals surface area contributed by atoms with Crippen LogP contribution in [0.3, 0.4) is 0 Å². The predicted molar refractivity (Wildman–Crippen MR) is 133 cm³/mol. The number of carboxylic acids is 1. The van der Waals surface area contributed by atoms with Gasteiger partial charge in [0, 0.05) is 37.4 Å². The first-order valence-corrected chi connectivity index (χ1v) is 11.1. The lowest BCUT2D eigenvalue weighted by Gasteiger charge is -2.38. The number of hydrogen-bond acceptors (Lipinski definition) is 4. The zero-order valence-corrected chi connectivity index (χ0v) is 19.3. The van der Waals surface area contributed by atoms with Crippen molar-refractivity contribution in [2.75, 3.05) is 41.3 Å². The van der Waals surface area contributed by atoms with Gasteiger partial charge in [-0.1, -0.05) is 30.3 Å². The smallest absolute Gasteiger partial charge is 0.335 e. The monoisotopic (exact) mass is 443 g/mol. The number of hydrogen-bond donors (Lipinski definition) is 2. The molecule has 1 aliphatic heterocycles. The van der Waals surface area contributed by atoms with E-state index in [1.807, 2.05) is 25.1 Å². The van der Waals surface area contributed by atoms with Crippen molar-refractivity contribution in [3.8, 4) is 0 Å². The lowest BCUT2D eigenvalue weighted by atomic mass is 10.1. The third-order valence-electron chi connectivity index (χ3n) is 6.21. The molecule has 4 rings (SSSR count). The number of nitrogens with one attached hydrogen (secondary N) is 1. The van der Waals surface area contributed by atoms with Gasteiger partial charge in [0.05, 0.1) is 16.9 Å². The van der Waals surface area contributed by atoms with Gasteiger partial charge in [-0.15, -0.1) is 0 Å². The quantitative estimate of drug-likeness (QED) is 0.587. The molecule has 0 atom stereocenters. The Morgan fingerprint density at radius 2 is 1.45 bits per heavy atom. The first-order valence-electron chi connectivity index (χ1n) is 11.1. The average molecular weight is 444 g/mol. The SMILES string of the molecule is Cc1ccc(C)c(N2CCN(c3ccc(C(=O)O)cc3NC(=O)c3ccccc3C)CC2)c1. The van der Waals surface area contributed by atoms with Crippen LogP contribution in [0.5, 0.6) is 0 Å². The normalized spacial score (nSPS) is 13.7. The van der Waals surface area contributed by atoms with Gasteiger partial charge < -0.3 is 20.2 Å². The van der Waals surface area contributed by atoms with E-state index in [0.29, 0.717) is 11.3 Å². The molecule has 170 valence electrons. The van der Waals surface area contributed by atoms with Gasteiger partial charge in [0.25, 0.3) is 5.91 Å². The van der Waals surface area contributed by atoms with Crippen LogP contribution in [-0.4, -0.2) is 43.2 Å². The van der Waals surface area contributed by atoms with Crippen molar-refractivity contribution >= 4 is 28.9 Å². The van der Waals surface area contributed by atoms with Crippen molar-refractivity contribution in [2.24, 2.45) is 0 Å². The number of aryl methyl sites for hydroxylation is 3. The minimum absolute atomic E-state index is 0.146. The maximum Gasteiger partial charge on any atom is 0.335 e. The number of rotatable bonds is 5. The molecule has 1 fully saturated rings. The molecule has 0 spiro atoms. The number of piperazine rings is 1. The summed E-state index contributed by atoms with van der Waals surface area (Å²) in [7, 11) is 0. The van der Waals surface area contributed by atoms with Gasteiger partial charge in [0.2, 0.25) is 0 Å². The Morgan fingerprint density at radius 3 is 2.12 bits per heavy atom. The molecule has 1 amide bonds. The summed E-state index contributed by atoms with van der Waals surface area (Å²) in [5, 5.41) is 12.4. The Balaban J connectivity index is 1.57. The van der Waals surface area contributed by atoms with Crippen LogP contribution < -0.4 is 15.1 Å². The standard InChI is InChI=1S/C27H29N3O3/c1-18-8-9-20(3)25(16-18)30-14-12-29(13-15-30)24-11-10-21(27(32)33)17-23(24)28-26(31)22-7-5-4-6-19(22)2/h4-11,16-17H,12-15H2,1-3H3,(H,28,31)(H,32,33). The Labute approximate surface area is 194 Å². The number of amides is 1. The van der Waals surface area contributed by atoms with Gasteiger partial charge in [-0.3, -0.25) is 4.79 Å². The fraction of sp³-hybridized carbons (Fsp3) is 0.259. The lowest BCUT2D eigenvalue weighted by molar-refractivity contribution is 0.0696. The van der Waals surface area contributed by atoms with Gasteiger partial charge in [0.1, 0.15) is 0 Å². The molecule has 0 unspecified atom stereocenters. The highest BCUT2D eigenvalue weighted by molar-refractivity contribution is 6.07. The summed E-state index contributed by atoms with van der Waals surface area (Å²) in [6, 6.07) is 18.8. The molecule has 1 saturated heterocycles. The number of anilines is 3. The summed E-state index contributed by atoms with van der Waals surface area (Å²) in [5.41, 5.74) is 6.69. The molecule has 33 heavy (non-hydrogen) atoms. The van der Waals surface area contributed by atoms with Crippen LogP contribution >= 0.6 is 0 Å². The molecule has 0 aromatic heterocycles. The minimum atomic E-state index is -1.02. The van der Waals surface area contributed by atoms with Gasteiger partial charge >= 0.3 is 5.97 Å². The maximum absolute atomic E-state index is 13.0. The van der Waals surface area contributed by atoms with E-state index in [1.165, 1.54) is 16.8 Å². The summed E-state index contributed by atoms with van der Waals surface area (Å²) in [4.78, 5) is 29.1. The fourth-order valence-corrected chi connectivity index (χ4v) is 4.31. The van der Waals surface area contributed by atoms with Crippen LogP contribution in [0.25, 0.3) is 0 Å². The van der Waals surface area contributed by atoms with Crippen molar-refractivity contribution < 1.29 is 14.7 Å². The lowest BCUT2D eigenvalue weighted by Crippen LogP contribution is -2.47. The number of benzene rings is 3. The molecule has 6 heteroatoms. The molecular formula is C27H29N3O3. The number of nitrogens with zero attached hydrogens (tertiary/aromatic N) is 2. The first kappa shape index (κ1) is 22.4. The molecule has 6 nitrogen and oxygen atoms in total. The first-order chi connectivity index (χ1) is 15.8. The largest absolute Gasteiger partial charge is 0.478 e. The Hall–Kier alpha value is -3.80. The molecule has 0 aliphatic carbocycles. The Morgan fingerprint density at radius 1 is 0.788 bits per heavy atom. The zero-order chi connectivity index (χ0) is 23.5. The van der Waals surface area contributed by atoms with Crippen molar-refractivity contribution in [3.05, 3.63) is 88.5 Å². The second-order valence-electron chi connectivity index (χ2n) is 8.57. The minimum Gasteiger partial charge on any atom is -0.478 e. The highest BCUT2D eigenvalue weighted by atomic mass is 16.4. The summed E-state index contributed by atoms with van der Waals surface area (Å²) >= 11 is 0. The molecule has 0 radical (unpaired) electrons. The van der Waals surface area contributed by atoms with Crippen LogP contribution in [0.4, 0.5) is 17.1 Å². The van der Waals surface area contributed by atoms with Crippen LogP contribution in [0, 0.1) is 20.8 Å². The van der Waals surface area contributed by atoms with Gasteiger partial charge in [-0.2, -0.15) is 0 Å². The predicted octanol–water partition coefficient (Wildman–Crippen LogP) is 4.89. The third kappa shape index (κ3) is 4.85. The van der Waals surface area contributed by atoms with Gasteiger partial charge in [-0.25, -0.2) is 4.79 Å². The van der Waals surface area contributed by atoms with Crippen molar-refractivity contribution in [2.45, 2.75) is 20.8 Å². The Bertz CT molecular complexity index is 1200. The summed E-state index contributed by atoms with van der Waals surface area (Å²) in [6.45, 7) is 9.35. The van der Waals surface area contributed by atoms with Crippen LogP contribution in [0.15, 0.2) is 60.7 Å². The van der Waals surface area contributed by atoms with E-state index < -0.39 is 5.97 Å². The van der Waals surface area contributed by atoms with Crippen molar-refractivity contribution in [1.29, 1.82) is 0 Å². The molecule has 3 aromatic rings. The summed E-state index contributed by atoms with van der Waals surface area (Å²) in [6.07, 6.45) is 0. The van der Waals surface area contributed by atoms with E-state index in [-0.39, 0.29) is 11.5 Å². The number of aromatic carboxylic acids is 1. The highest BCUT2D eigenvalue weighted by Crippen LogP contribution is 2.31. The number of carbonyl (C=O) groups is 2. The number of carbonyl (C=O) groups excluding carboxylic acids is 1. The van der Waals surface area contributed by atoms with E-state index in [2.05, 4.69) is 47.2 Å². The van der Waals surface area contributed by atoms with Crippen LogP contribution in [-0.2, 0) is 0 Å². The number of carboxylic acid groups (broad SMARTS) is 1. The van der Waals surface area contributed by atoms with E-state index in [0.717, 1.165) is 37.4 Å². The maximum atomic E-state index is 13.0. The molecule has 0 bridgehead atoms. The Kier molecular flexibility index (Phi) is 6.36. The van der Waals surface area contributed by atoms with Crippen molar-refractivity contribution in [3.63, 3.8) is 0 Å². The second-order valence-corrected chi connectivity index (χ2v) is 8.57. The third-order valence-corrected chi connectivity index (χ3v) is 6.21. The van der Waals surface area contributed by atoms with Crippen LogP contribution in [0.2, 0.25) is 0 Å². The molecule has 2 N–H and O–H groups in total. The van der Waals surface area contributed by atoms with Crippen molar-refractivity contribution in [1.82, 2.24) is 0 Å². The highest BCUT2D eigenvalue weighted by Gasteiger charge is 2.22. The van der Waals surface area contributed by atoms with E-state index in [4.69, 9.17) is 0 Å². The van der Waals surface area contributed by atoms with Gasteiger partial charge in [-0.05, 0) is 67.8 Å². The molecule has 0 saturated carbocycles. The molecule has 1 aliphatic rings. The summed E-state index contributed by atoms with van der Waals surface area (Å²) in [5.74, 6) is -1.27. The molecule has 3 aromatic carbocycles. The van der Waals surface area contributed by atoms with E-state index >= 15 is 0 Å². The zero-order valence-electron chi connectivity index (χ0n) is 19.3. The van der Waals surface area contributed by atoms with Gasteiger partial charge in [0.15, 0.2) is 0 Å². The molecule has 1 heterocycles. The van der Waals surface area contributed by atoms with E-state index in [1.54, 1.807) is 24.3 Å². The topological polar surface area (TPSA) is 72.9 Å². The average Bonchev–Trinajstić information content (AvgIpc) is 2.81.